The first-order valence-electron chi connectivity index (χ1n) is 8.03. The molecule has 1 N–H and O–H groups in total. The number of benzene rings is 2. The molecule has 0 amide bonds. The van der Waals surface area contributed by atoms with Crippen LogP contribution in [0.25, 0.3) is 0 Å². The molecule has 3 aromatic rings. The maximum Gasteiger partial charge on any atom is 0.232 e. The van der Waals surface area contributed by atoms with E-state index < -0.39 is 11.6 Å². The van der Waals surface area contributed by atoms with Crippen LogP contribution in [0.3, 0.4) is 0 Å². The summed E-state index contributed by atoms with van der Waals surface area (Å²) in [6, 6.07) is 13.6. The highest BCUT2D eigenvalue weighted by molar-refractivity contribution is 5.67. The summed E-state index contributed by atoms with van der Waals surface area (Å²) in [6.07, 6.45) is 0.944. The molecule has 0 bridgehead atoms. The maximum absolute atomic E-state index is 13.4. The van der Waals surface area contributed by atoms with Crippen molar-refractivity contribution in [3.63, 3.8) is 0 Å². The third-order valence-electron chi connectivity index (χ3n) is 4.16. The molecule has 0 radical (unpaired) electrons. The second kappa shape index (κ2) is 6.12. The zero-order chi connectivity index (χ0) is 17.4. The van der Waals surface area contributed by atoms with E-state index in [1.165, 1.54) is 11.6 Å². The number of anilines is 4. The Bertz CT molecular complexity index is 942. The fourth-order valence-corrected chi connectivity index (χ4v) is 3.01. The molecule has 1 aromatic heterocycles. The molecule has 4 rings (SSSR count). The molecule has 0 saturated carbocycles. The summed E-state index contributed by atoms with van der Waals surface area (Å²) in [5.41, 5.74) is 3.60. The molecular weight excluding hydrogens is 322 g/mol. The minimum Gasteiger partial charge on any atom is -0.340 e. The normalized spacial score (nSPS) is 13.0. The van der Waals surface area contributed by atoms with E-state index in [4.69, 9.17) is 0 Å². The number of nitrogens with one attached hydrogen (secondary N) is 1. The van der Waals surface area contributed by atoms with Crippen molar-refractivity contribution in [3.05, 3.63) is 71.4 Å². The Morgan fingerprint density at radius 3 is 2.68 bits per heavy atom. The predicted molar refractivity (Wildman–Crippen MR) is 93.6 cm³/mol. The van der Waals surface area contributed by atoms with Gasteiger partial charge in [-0.15, -0.1) is 0 Å². The van der Waals surface area contributed by atoms with Gasteiger partial charge in [0.2, 0.25) is 5.95 Å². The lowest BCUT2D eigenvalue weighted by Crippen LogP contribution is -2.17. The lowest BCUT2D eigenvalue weighted by Gasteiger charge is -2.18. The third kappa shape index (κ3) is 3.03. The number of hydrogen-bond donors (Lipinski definition) is 1. The van der Waals surface area contributed by atoms with Crippen molar-refractivity contribution in [1.82, 2.24) is 9.97 Å². The van der Waals surface area contributed by atoms with Crippen molar-refractivity contribution in [2.24, 2.45) is 0 Å². The van der Waals surface area contributed by atoms with Crippen LogP contribution in [0.4, 0.5) is 31.9 Å². The van der Waals surface area contributed by atoms with Crippen molar-refractivity contribution in [3.8, 4) is 0 Å². The van der Waals surface area contributed by atoms with Gasteiger partial charge in [0, 0.05) is 35.7 Å². The van der Waals surface area contributed by atoms with Crippen LogP contribution < -0.4 is 10.2 Å². The Hall–Kier alpha value is -3.02. The number of para-hydroxylation sites is 1. The third-order valence-corrected chi connectivity index (χ3v) is 4.16. The molecule has 2 heterocycles. The second-order valence-corrected chi connectivity index (χ2v) is 5.98. The van der Waals surface area contributed by atoms with Gasteiger partial charge in [0.15, 0.2) is 11.6 Å². The van der Waals surface area contributed by atoms with Crippen LogP contribution in [0.1, 0.15) is 11.3 Å². The van der Waals surface area contributed by atoms with Gasteiger partial charge in [0.05, 0.1) is 0 Å². The van der Waals surface area contributed by atoms with Crippen LogP contribution in [-0.2, 0) is 6.42 Å². The Labute approximate surface area is 144 Å². The molecule has 0 atom stereocenters. The van der Waals surface area contributed by atoms with Gasteiger partial charge in [0.1, 0.15) is 5.82 Å². The largest absolute Gasteiger partial charge is 0.340 e. The van der Waals surface area contributed by atoms with E-state index >= 15 is 0 Å². The fraction of sp³-hybridized carbons (Fsp3) is 0.158. The zero-order valence-corrected chi connectivity index (χ0v) is 13.6. The molecule has 4 nitrogen and oxygen atoms in total. The average molecular weight is 338 g/mol. The summed E-state index contributed by atoms with van der Waals surface area (Å²) < 4.78 is 26.5. The van der Waals surface area contributed by atoms with Crippen LogP contribution in [0.15, 0.2) is 48.5 Å². The van der Waals surface area contributed by atoms with Crippen LogP contribution in [0.5, 0.6) is 0 Å². The van der Waals surface area contributed by atoms with Gasteiger partial charge in [0.25, 0.3) is 0 Å². The van der Waals surface area contributed by atoms with E-state index in [-0.39, 0.29) is 0 Å². The Balaban J connectivity index is 1.66. The SMILES string of the molecule is Cc1cc(Nc2ccc(F)c(F)c2)nc(N2CCc3ccccc32)n1. The van der Waals surface area contributed by atoms with Gasteiger partial charge in [-0.05, 0) is 37.1 Å². The first kappa shape index (κ1) is 15.5. The summed E-state index contributed by atoms with van der Waals surface area (Å²) in [6.45, 7) is 2.69. The van der Waals surface area contributed by atoms with Crippen molar-refractivity contribution in [1.29, 1.82) is 0 Å². The van der Waals surface area contributed by atoms with Crippen LogP contribution in [-0.4, -0.2) is 16.5 Å². The number of aromatic nitrogens is 2. The standard InChI is InChI=1S/C19H16F2N4/c1-12-10-18(23-14-6-7-15(20)16(21)11-14)24-19(22-12)25-9-8-13-4-2-3-5-17(13)25/h2-7,10-11H,8-9H2,1H3,(H,22,23,24). The maximum atomic E-state index is 13.4. The number of fused-ring (bicyclic) bond motifs is 1. The topological polar surface area (TPSA) is 41.1 Å². The van der Waals surface area contributed by atoms with Crippen LogP contribution in [0.2, 0.25) is 0 Å². The van der Waals surface area contributed by atoms with Crippen molar-refractivity contribution in [2.75, 3.05) is 16.8 Å². The number of aryl methyl sites for hydroxylation is 1. The Morgan fingerprint density at radius 1 is 1.00 bits per heavy atom. The average Bonchev–Trinajstić information content (AvgIpc) is 3.02. The summed E-state index contributed by atoms with van der Waals surface area (Å²) in [7, 11) is 0. The monoisotopic (exact) mass is 338 g/mol. The predicted octanol–water partition coefficient (Wildman–Crippen LogP) is 4.50. The van der Waals surface area contributed by atoms with Gasteiger partial charge in [-0.2, -0.15) is 4.98 Å². The second-order valence-electron chi connectivity index (χ2n) is 5.98. The lowest BCUT2D eigenvalue weighted by atomic mass is 10.2. The first-order chi connectivity index (χ1) is 12.1. The molecule has 126 valence electrons. The highest BCUT2D eigenvalue weighted by Crippen LogP contribution is 2.33. The number of hydrogen-bond acceptors (Lipinski definition) is 4. The van der Waals surface area contributed by atoms with Gasteiger partial charge in [-0.25, -0.2) is 13.8 Å². The lowest BCUT2D eigenvalue weighted by molar-refractivity contribution is 0.509. The van der Waals surface area contributed by atoms with E-state index in [0.29, 0.717) is 17.5 Å². The molecule has 1 aliphatic rings. The Kier molecular flexibility index (Phi) is 3.80. The molecule has 1 aliphatic heterocycles. The van der Waals surface area contributed by atoms with Crippen molar-refractivity contribution < 1.29 is 8.78 Å². The molecule has 0 saturated heterocycles. The number of nitrogens with zero attached hydrogens (tertiary/aromatic N) is 3. The van der Waals surface area contributed by atoms with Crippen LogP contribution >= 0.6 is 0 Å². The van der Waals surface area contributed by atoms with E-state index in [0.717, 1.165) is 36.5 Å². The van der Waals surface area contributed by atoms with E-state index in [2.05, 4.69) is 32.3 Å². The molecule has 25 heavy (non-hydrogen) atoms. The fourth-order valence-electron chi connectivity index (χ4n) is 3.01. The minimum absolute atomic E-state index is 0.435. The van der Waals surface area contributed by atoms with Crippen LogP contribution in [0, 0.1) is 18.6 Å². The zero-order valence-electron chi connectivity index (χ0n) is 13.6. The van der Waals surface area contributed by atoms with Crippen molar-refractivity contribution in [2.45, 2.75) is 13.3 Å². The van der Waals surface area contributed by atoms with Gasteiger partial charge >= 0.3 is 0 Å². The quantitative estimate of drug-likeness (QED) is 0.763. The molecule has 0 unspecified atom stereocenters. The number of halogens is 2. The molecule has 6 heteroatoms. The molecule has 0 aliphatic carbocycles. The molecule has 0 spiro atoms. The van der Waals surface area contributed by atoms with E-state index in [1.807, 2.05) is 19.1 Å². The smallest absolute Gasteiger partial charge is 0.232 e. The highest BCUT2D eigenvalue weighted by atomic mass is 19.2. The summed E-state index contributed by atoms with van der Waals surface area (Å²) in [4.78, 5) is 11.1. The summed E-state index contributed by atoms with van der Waals surface area (Å²) in [5.74, 6) is -0.642. The molecular formula is C19H16F2N4. The highest BCUT2D eigenvalue weighted by Gasteiger charge is 2.22. The summed E-state index contributed by atoms with van der Waals surface area (Å²) >= 11 is 0. The van der Waals surface area contributed by atoms with Gasteiger partial charge in [-0.1, -0.05) is 18.2 Å². The molecule has 2 aromatic carbocycles. The molecule has 0 fully saturated rings. The van der Waals surface area contributed by atoms with Gasteiger partial charge in [-0.3, -0.25) is 0 Å². The van der Waals surface area contributed by atoms with E-state index in [9.17, 15) is 8.78 Å². The first-order valence-corrected chi connectivity index (χ1v) is 8.03. The van der Waals surface area contributed by atoms with E-state index in [1.54, 1.807) is 6.07 Å². The minimum atomic E-state index is -0.899. The summed E-state index contributed by atoms with van der Waals surface area (Å²) in [5, 5.41) is 3.02. The van der Waals surface area contributed by atoms with Crippen molar-refractivity contribution >= 4 is 23.1 Å². The number of rotatable bonds is 3. The Morgan fingerprint density at radius 2 is 1.84 bits per heavy atom. The van der Waals surface area contributed by atoms with Gasteiger partial charge < -0.3 is 10.2 Å².